The molecule has 0 spiro atoms. The van der Waals surface area contributed by atoms with Crippen LogP contribution in [-0.2, 0) is 8.75 Å². The number of aromatic nitrogens is 2. The van der Waals surface area contributed by atoms with Gasteiger partial charge in [-0.1, -0.05) is 24.3 Å². The molecule has 1 aromatic carbocycles. The van der Waals surface area contributed by atoms with Crippen molar-refractivity contribution in [2.24, 2.45) is 0 Å². The van der Waals surface area contributed by atoms with E-state index in [0.717, 1.165) is 11.1 Å². The van der Waals surface area contributed by atoms with Gasteiger partial charge in [0.2, 0.25) is 8.03 Å². The molecule has 0 aliphatic carbocycles. The second kappa shape index (κ2) is 6.30. The third-order valence-corrected chi connectivity index (χ3v) is 3.28. The molecule has 0 atom stereocenters. The molecule has 0 aliphatic heterocycles. The van der Waals surface area contributed by atoms with Crippen LogP contribution in [-0.4, -0.2) is 15.3 Å². The molecule has 1 N–H and O–H groups in total. The lowest BCUT2D eigenvalue weighted by atomic mass is 10.1. The molecule has 0 saturated heterocycles. The average Bonchev–Trinajstić information content (AvgIpc) is 2.86. The minimum Gasteiger partial charge on any atom is -0.418 e. The summed E-state index contributed by atoms with van der Waals surface area (Å²) >= 11 is 9.90. The van der Waals surface area contributed by atoms with Crippen LogP contribution in [0.15, 0.2) is 28.7 Å². The topological polar surface area (TPSA) is 59.2 Å². The quantitative estimate of drug-likeness (QED) is 0.714. The Hall–Kier alpha value is -0.500. The standard InChI is InChI=1S/C12H9Br3N2O2/c13-12(14,15)11-17-16-10(19-11)6-5-8-1-3-9(7-18)4-2-8/h1-6,18H,7H2. The van der Waals surface area contributed by atoms with E-state index in [1.54, 1.807) is 6.08 Å². The fraction of sp³-hybridized carbons (Fsp3) is 0.167. The van der Waals surface area contributed by atoms with Gasteiger partial charge in [0, 0.05) is 6.08 Å². The van der Waals surface area contributed by atoms with Crippen LogP contribution in [0, 0.1) is 0 Å². The summed E-state index contributed by atoms with van der Waals surface area (Å²) in [6.45, 7) is 0.0425. The molecule has 7 heteroatoms. The van der Waals surface area contributed by atoms with E-state index in [-0.39, 0.29) is 6.61 Å². The Bertz CT molecular complexity index is 573. The number of rotatable bonds is 3. The molecule has 2 rings (SSSR count). The monoisotopic (exact) mass is 450 g/mol. The lowest BCUT2D eigenvalue weighted by molar-refractivity contribution is 0.282. The number of aliphatic hydroxyl groups is 1. The maximum absolute atomic E-state index is 8.95. The largest absolute Gasteiger partial charge is 0.418 e. The highest BCUT2D eigenvalue weighted by molar-refractivity contribution is 9.38. The molecule has 1 heterocycles. The Morgan fingerprint density at radius 2 is 1.79 bits per heavy atom. The van der Waals surface area contributed by atoms with Gasteiger partial charge in [0.05, 0.1) is 6.61 Å². The van der Waals surface area contributed by atoms with E-state index < -0.39 is 2.14 Å². The lowest BCUT2D eigenvalue weighted by Crippen LogP contribution is -1.97. The fourth-order valence-corrected chi connectivity index (χ4v) is 1.80. The van der Waals surface area contributed by atoms with E-state index in [4.69, 9.17) is 9.52 Å². The first-order valence-corrected chi connectivity index (χ1v) is 7.65. The molecule has 0 bridgehead atoms. The van der Waals surface area contributed by atoms with Gasteiger partial charge in [-0.3, -0.25) is 0 Å². The summed E-state index contributed by atoms with van der Waals surface area (Å²) in [4.78, 5) is 0. The van der Waals surface area contributed by atoms with Crippen molar-refractivity contribution in [2.75, 3.05) is 0 Å². The van der Waals surface area contributed by atoms with Crippen molar-refractivity contribution in [2.45, 2.75) is 8.75 Å². The van der Waals surface area contributed by atoms with Crippen LogP contribution in [0.2, 0.25) is 0 Å². The minimum absolute atomic E-state index is 0.0425. The van der Waals surface area contributed by atoms with Crippen LogP contribution in [0.25, 0.3) is 12.2 Å². The molecule has 19 heavy (non-hydrogen) atoms. The molecule has 0 amide bonds. The van der Waals surface area contributed by atoms with Crippen molar-refractivity contribution in [1.82, 2.24) is 10.2 Å². The van der Waals surface area contributed by atoms with Crippen molar-refractivity contribution in [3.63, 3.8) is 0 Å². The molecule has 100 valence electrons. The first kappa shape index (κ1) is 14.9. The smallest absolute Gasteiger partial charge is 0.255 e. The van der Waals surface area contributed by atoms with Gasteiger partial charge in [0.1, 0.15) is 0 Å². The van der Waals surface area contributed by atoms with Crippen molar-refractivity contribution in [3.8, 4) is 0 Å². The van der Waals surface area contributed by atoms with E-state index in [9.17, 15) is 0 Å². The van der Waals surface area contributed by atoms with Crippen LogP contribution in [0.3, 0.4) is 0 Å². The molecular weight excluding hydrogens is 444 g/mol. The number of aliphatic hydroxyl groups excluding tert-OH is 1. The van der Waals surface area contributed by atoms with E-state index in [0.29, 0.717) is 11.8 Å². The Morgan fingerprint density at radius 3 is 2.32 bits per heavy atom. The highest BCUT2D eigenvalue weighted by atomic mass is 80.0. The molecule has 0 fully saturated rings. The fourth-order valence-electron chi connectivity index (χ4n) is 1.32. The third-order valence-electron chi connectivity index (χ3n) is 2.26. The normalized spacial score (nSPS) is 12.2. The van der Waals surface area contributed by atoms with Gasteiger partial charge in [0.15, 0.2) is 0 Å². The van der Waals surface area contributed by atoms with E-state index >= 15 is 0 Å². The summed E-state index contributed by atoms with van der Waals surface area (Å²) in [6.07, 6.45) is 3.58. The highest BCUT2D eigenvalue weighted by Gasteiger charge is 2.27. The van der Waals surface area contributed by atoms with Gasteiger partial charge in [-0.25, -0.2) is 0 Å². The molecule has 0 aliphatic rings. The van der Waals surface area contributed by atoms with Crippen molar-refractivity contribution < 1.29 is 9.52 Å². The second-order valence-electron chi connectivity index (χ2n) is 3.68. The SMILES string of the molecule is OCc1ccc(C=Cc2nnc(C(Br)(Br)Br)o2)cc1. The summed E-state index contributed by atoms with van der Waals surface area (Å²) in [6, 6.07) is 7.53. The maximum atomic E-state index is 8.95. The number of nitrogens with zero attached hydrogens (tertiary/aromatic N) is 2. The number of benzene rings is 1. The van der Waals surface area contributed by atoms with Crippen LogP contribution in [0.1, 0.15) is 22.9 Å². The summed E-state index contributed by atoms with van der Waals surface area (Å²) in [5.41, 5.74) is 1.86. The van der Waals surface area contributed by atoms with Gasteiger partial charge >= 0.3 is 0 Å². The Balaban J connectivity index is 2.11. The third kappa shape index (κ3) is 4.24. The van der Waals surface area contributed by atoms with Crippen LogP contribution < -0.4 is 0 Å². The van der Waals surface area contributed by atoms with Crippen LogP contribution in [0.4, 0.5) is 0 Å². The minimum atomic E-state index is -0.700. The molecule has 0 unspecified atom stereocenters. The predicted molar refractivity (Wildman–Crippen MR) is 84.0 cm³/mol. The molecule has 0 radical (unpaired) electrons. The number of hydrogen-bond acceptors (Lipinski definition) is 4. The lowest BCUT2D eigenvalue weighted by Gasteiger charge is -2.03. The van der Waals surface area contributed by atoms with E-state index in [2.05, 4.69) is 58.0 Å². The van der Waals surface area contributed by atoms with Crippen molar-refractivity contribution in [3.05, 3.63) is 47.2 Å². The maximum Gasteiger partial charge on any atom is 0.255 e. The zero-order chi connectivity index (χ0) is 13.9. The summed E-state index contributed by atoms with van der Waals surface area (Å²) < 4.78 is 4.73. The van der Waals surface area contributed by atoms with Gasteiger partial charge in [-0.2, -0.15) is 0 Å². The predicted octanol–water partition coefficient (Wildman–Crippen LogP) is 4.03. The highest BCUT2D eigenvalue weighted by Crippen LogP contribution is 2.43. The first-order chi connectivity index (χ1) is 8.99. The zero-order valence-corrected chi connectivity index (χ0v) is 14.3. The van der Waals surface area contributed by atoms with Crippen molar-refractivity contribution >= 4 is 59.9 Å². The Kier molecular flexibility index (Phi) is 4.94. The van der Waals surface area contributed by atoms with Gasteiger partial charge in [0.25, 0.3) is 5.89 Å². The second-order valence-corrected chi connectivity index (χ2v) is 10.4. The van der Waals surface area contributed by atoms with Gasteiger partial charge in [-0.05, 0) is 65.0 Å². The summed E-state index contributed by atoms with van der Waals surface area (Å²) in [5, 5.41) is 16.7. The zero-order valence-electron chi connectivity index (χ0n) is 9.55. The van der Waals surface area contributed by atoms with E-state index in [1.807, 2.05) is 30.3 Å². The average molecular weight is 453 g/mol. The molecule has 4 nitrogen and oxygen atoms in total. The molecule has 2 aromatic rings. The Labute approximate surface area is 135 Å². The van der Waals surface area contributed by atoms with Crippen LogP contribution >= 0.6 is 47.8 Å². The van der Waals surface area contributed by atoms with Crippen molar-refractivity contribution in [1.29, 1.82) is 0 Å². The molecule has 0 saturated carbocycles. The molecule has 1 aromatic heterocycles. The van der Waals surface area contributed by atoms with Crippen LogP contribution in [0.5, 0.6) is 0 Å². The number of alkyl halides is 3. The summed E-state index contributed by atoms with van der Waals surface area (Å²) in [7, 11) is 0. The first-order valence-electron chi connectivity index (χ1n) is 5.27. The number of hydrogen-bond donors (Lipinski definition) is 1. The van der Waals surface area contributed by atoms with Gasteiger partial charge in [-0.15, -0.1) is 10.2 Å². The summed E-state index contributed by atoms with van der Waals surface area (Å²) in [5.74, 6) is 0.784. The Morgan fingerprint density at radius 1 is 1.11 bits per heavy atom. The molecular formula is C12H9Br3N2O2. The van der Waals surface area contributed by atoms with E-state index in [1.165, 1.54) is 0 Å². The van der Waals surface area contributed by atoms with Gasteiger partial charge < -0.3 is 9.52 Å². The number of halogens is 3.